The number of benzene rings is 2. The van der Waals surface area contributed by atoms with Crippen molar-refractivity contribution in [2.24, 2.45) is 0 Å². The van der Waals surface area contributed by atoms with Crippen LogP contribution in [0.4, 0.5) is 4.79 Å². The van der Waals surface area contributed by atoms with E-state index in [4.69, 9.17) is 14.6 Å². The molecule has 0 spiro atoms. The van der Waals surface area contributed by atoms with Crippen LogP contribution in [0.1, 0.15) is 36.8 Å². The van der Waals surface area contributed by atoms with Gasteiger partial charge in [0, 0.05) is 13.0 Å². The van der Waals surface area contributed by atoms with Crippen LogP contribution in [-0.2, 0) is 19.1 Å². The summed E-state index contributed by atoms with van der Waals surface area (Å²) in [6.07, 6.45) is -0.813. The third-order valence-corrected chi connectivity index (χ3v) is 5.55. The number of carboxylic acid groups (broad SMARTS) is 1. The highest BCUT2D eigenvalue weighted by Gasteiger charge is 2.30. The van der Waals surface area contributed by atoms with Gasteiger partial charge in [0.1, 0.15) is 12.6 Å². The number of methoxy groups -OCH3 is 1. The lowest BCUT2D eigenvalue weighted by atomic mass is 9.98. The maximum absolute atomic E-state index is 12.5. The molecule has 0 radical (unpaired) electrons. The van der Waals surface area contributed by atoms with Crippen LogP contribution in [0.3, 0.4) is 0 Å². The Bertz CT molecular complexity index is 931. The Morgan fingerprint density at radius 1 is 1.03 bits per heavy atom. The Morgan fingerprint density at radius 2 is 1.62 bits per heavy atom. The van der Waals surface area contributed by atoms with Gasteiger partial charge < -0.3 is 25.2 Å². The number of carbonyl (C=O) groups excluding carboxylic acids is 2. The molecule has 0 aromatic heterocycles. The number of amides is 2. The molecule has 1 aliphatic carbocycles. The number of alkyl carbamates (subject to hydrolysis) is 1. The molecule has 8 nitrogen and oxygen atoms in total. The molecule has 170 valence electrons. The zero-order chi connectivity index (χ0) is 23.1. The van der Waals surface area contributed by atoms with Gasteiger partial charge in [0.2, 0.25) is 5.91 Å². The van der Waals surface area contributed by atoms with Gasteiger partial charge in [0.15, 0.2) is 6.10 Å². The van der Waals surface area contributed by atoms with Crippen molar-refractivity contribution < 1.29 is 29.0 Å². The van der Waals surface area contributed by atoms with Crippen molar-refractivity contribution in [1.82, 2.24) is 10.6 Å². The number of ether oxygens (including phenoxy) is 2. The van der Waals surface area contributed by atoms with Crippen molar-refractivity contribution in [3.8, 4) is 11.1 Å². The Morgan fingerprint density at radius 3 is 2.16 bits per heavy atom. The molecule has 0 aliphatic heterocycles. The lowest BCUT2D eigenvalue weighted by molar-refractivity contribution is -0.148. The lowest BCUT2D eigenvalue weighted by Crippen LogP contribution is -2.49. The van der Waals surface area contributed by atoms with Crippen LogP contribution >= 0.6 is 0 Å². The van der Waals surface area contributed by atoms with E-state index in [0.717, 1.165) is 22.3 Å². The normalized spacial score (nSPS) is 14.1. The molecule has 0 saturated carbocycles. The molecule has 0 fully saturated rings. The lowest BCUT2D eigenvalue weighted by Gasteiger charge is -2.20. The van der Waals surface area contributed by atoms with Crippen LogP contribution in [0.25, 0.3) is 11.1 Å². The van der Waals surface area contributed by atoms with E-state index in [1.165, 1.54) is 7.11 Å². The summed E-state index contributed by atoms with van der Waals surface area (Å²) < 4.78 is 10.3. The molecule has 0 heterocycles. The third-order valence-electron chi connectivity index (χ3n) is 5.55. The average molecular weight is 440 g/mol. The quantitative estimate of drug-likeness (QED) is 0.524. The number of nitrogens with one attached hydrogen (secondary N) is 2. The predicted octanol–water partition coefficient (Wildman–Crippen LogP) is 2.91. The second kappa shape index (κ2) is 10.8. The van der Waals surface area contributed by atoms with Crippen molar-refractivity contribution in [3.63, 3.8) is 0 Å². The minimum atomic E-state index is -1.18. The summed E-state index contributed by atoms with van der Waals surface area (Å²) in [5, 5.41) is 14.1. The molecule has 8 heteroatoms. The Labute approximate surface area is 186 Å². The molecule has 0 saturated heterocycles. The molecule has 3 N–H and O–H groups in total. The minimum absolute atomic E-state index is 0.0790. The first-order valence-electron chi connectivity index (χ1n) is 10.6. The Kier molecular flexibility index (Phi) is 7.83. The summed E-state index contributed by atoms with van der Waals surface area (Å²) in [5.74, 6) is -1.74. The van der Waals surface area contributed by atoms with E-state index in [9.17, 15) is 14.4 Å². The molecule has 3 rings (SSSR count). The Balaban J connectivity index is 1.60. The first kappa shape index (κ1) is 23.3. The zero-order valence-electron chi connectivity index (χ0n) is 18.2. The van der Waals surface area contributed by atoms with E-state index >= 15 is 0 Å². The van der Waals surface area contributed by atoms with Crippen molar-refractivity contribution in [1.29, 1.82) is 0 Å². The number of hydrogen-bond donors (Lipinski definition) is 3. The Hall–Kier alpha value is -3.39. The fourth-order valence-electron chi connectivity index (χ4n) is 3.93. The standard InChI is InChI=1S/C24H28N2O6/c1-3-8-20(22(27)25-13-21(31-2)23(28)29)26-24(30)32-14-19-17-11-6-4-9-15(17)16-10-5-7-12-18(16)19/h4-7,9-12,19-21H,3,8,13-14H2,1-2H3,(H,25,27)(H,26,30)(H,28,29). The fraction of sp³-hybridized carbons (Fsp3) is 0.375. The second-order valence-electron chi connectivity index (χ2n) is 7.62. The van der Waals surface area contributed by atoms with Gasteiger partial charge in [-0.2, -0.15) is 0 Å². The summed E-state index contributed by atoms with van der Waals surface area (Å²) in [7, 11) is 1.25. The summed E-state index contributed by atoms with van der Waals surface area (Å²) >= 11 is 0. The van der Waals surface area contributed by atoms with Crippen LogP contribution < -0.4 is 10.6 Å². The number of carbonyl (C=O) groups is 3. The number of hydrogen-bond acceptors (Lipinski definition) is 5. The van der Waals surface area contributed by atoms with Crippen LogP contribution in [0.2, 0.25) is 0 Å². The van der Waals surface area contributed by atoms with E-state index in [0.29, 0.717) is 12.8 Å². The second-order valence-corrected chi connectivity index (χ2v) is 7.62. The number of aliphatic carboxylic acids is 1. The summed E-state index contributed by atoms with van der Waals surface area (Å²) in [4.78, 5) is 36.0. The third kappa shape index (κ3) is 5.26. The molecule has 2 amide bonds. The van der Waals surface area contributed by atoms with Gasteiger partial charge in [-0.1, -0.05) is 61.9 Å². The van der Waals surface area contributed by atoms with Crippen LogP contribution in [0.5, 0.6) is 0 Å². The molecule has 1 aliphatic rings. The van der Waals surface area contributed by atoms with Crippen LogP contribution in [-0.4, -0.2) is 55.5 Å². The maximum Gasteiger partial charge on any atom is 0.407 e. The topological polar surface area (TPSA) is 114 Å². The fourth-order valence-corrected chi connectivity index (χ4v) is 3.93. The van der Waals surface area contributed by atoms with Crippen LogP contribution in [0, 0.1) is 0 Å². The maximum atomic E-state index is 12.5. The van der Waals surface area contributed by atoms with E-state index in [-0.39, 0.29) is 19.1 Å². The summed E-state index contributed by atoms with van der Waals surface area (Å²) in [5.41, 5.74) is 4.46. The van der Waals surface area contributed by atoms with Gasteiger partial charge in [0.25, 0.3) is 0 Å². The van der Waals surface area contributed by atoms with Gasteiger partial charge in [-0.05, 0) is 28.7 Å². The summed E-state index contributed by atoms with van der Waals surface area (Å²) in [6, 6.07) is 15.2. The van der Waals surface area contributed by atoms with Crippen molar-refractivity contribution in [3.05, 3.63) is 59.7 Å². The number of fused-ring (bicyclic) bond motifs is 3. The van der Waals surface area contributed by atoms with Gasteiger partial charge >= 0.3 is 12.1 Å². The SMILES string of the molecule is CCCC(NC(=O)OCC1c2ccccc2-c2ccccc21)C(=O)NCC(OC)C(=O)O. The summed E-state index contributed by atoms with van der Waals surface area (Å²) in [6.45, 7) is 1.83. The van der Waals surface area contributed by atoms with E-state index in [1.54, 1.807) is 0 Å². The van der Waals surface area contributed by atoms with Crippen molar-refractivity contribution in [2.75, 3.05) is 20.3 Å². The van der Waals surface area contributed by atoms with Crippen LogP contribution in [0.15, 0.2) is 48.5 Å². The van der Waals surface area contributed by atoms with E-state index in [2.05, 4.69) is 22.8 Å². The predicted molar refractivity (Wildman–Crippen MR) is 118 cm³/mol. The van der Waals surface area contributed by atoms with Gasteiger partial charge in [-0.15, -0.1) is 0 Å². The van der Waals surface area contributed by atoms with Gasteiger partial charge in [-0.3, -0.25) is 4.79 Å². The molecule has 2 unspecified atom stereocenters. The molecule has 2 aromatic rings. The van der Waals surface area contributed by atoms with Gasteiger partial charge in [-0.25, -0.2) is 9.59 Å². The minimum Gasteiger partial charge on any atom is -0.479 e. The zero-order valence-corrected chi connectivity index (χ0v) is 18.2. The number of rotatable bonds is 10. The highest BCUT2D eigenvalue weighted by molar-refractivity contribution is 5.86. The smallest absolute Gasteiger partial charge is 0.407 e. The van der Waals surface area contributed by atoms with Gasteiger partial charge in [0.05, 0.1) is 6.54 Å². The molecule has 32 heavy (non-hydrogen) atoms. The largest absolute Gasteiger partial charge is 0.479 e. The van der Waals surface area contributed by atoms with Crippen molar-refractivity contribution in [2.45, 2.75) is 37.8 Å². The molecular formula is C24H28N2O6. The monoisotopic (exact) mass is 440 g/mol. The number of carboxylic acids is 1. The average Bonchev–Trinajstić information content (AvgIpc) is 3.11. The molecule has 2 aromatic carbocycles. The first-order chi connectivity index (χ1) is 15.5. The van der Waals surface area contributed by atoms with E-state index in [1.807, 2.05) is 43.3 Å². The first-order valence-corrected chi connectivity index (χ1v) is 10.6. The highest BCUT2D eigenvalue weighted by Crippen LogP contribution is 2.44. The highest BCUT2D eigenvalue weighted by atomic mass is 16.5. The molecule has 0 bridgehead atoms. The molecular weight excluding hydrogens is 412 g/mol. The van der Waals surface area contributed by atoms with Crippen molar-refractivity contribution >= 4 is 18.0 Å². The van der Waals surface area contributed by atoms with E-state index < -0.39 is 30.1 Å². The molecule has 2 atom stereocenters.